The van der Waals surface area contributed by atoms with Crippen LogP contribution in [0.15, 0.2) is 57.7 Å². The van der Waals surface area contributed by atoms with Gasteiger partial charge in [0.2, 0.25) is 5.89 Å². The average molecular weight is 467 g/mol. The highest BCUT2D eigenvalue weighted by Gasteiger charge is 2.20. The molecule has 0 aliphatic carbocycles. The van der Waals surface area contributed by atoms with Crippen molar-refractivity contribution in [2.24, 2.45) is 0 Å². The van der Waals surface area contributed by atoms with Gasteiger partial charge in [-0.2, -0.15) is 5.10 Å². The Hall–Kier alpha value is -3.93. The smallest absolute Gasteiger partial charge is 0.252 e. The van der Waals surface area contributed by atoms with Gasteiger partial charge in [0.25, 0.3) is 5.56 Å². The molecule has 0 atom stereocenters. The molecule has 0 aliphatic heterocycles. The summed E-state index contributed by atoms with van der Waals surface area (Å²) < 4.78 is 9.71. The molecule has 6 heteroatoms. The van der Waals surface area contributed by atoms with Crippen LogP contribution in [0, 0.1) is 34.6 Å². The maximum absolute atomic E-state index is 13.3. The zero-order valence-corrected chi connectivity index (χ0v) is 21.1. The molecule has 6 nitrogen and oxygen atoms in total. The fraction of sp³-hybridized carbons (Fsp3) is 0.276. The van der Waals surface area contributed by atoms with Crippen molar-refractivity contribution in [3.05, 3.63) is 98.3 Å². The van der Waals surface area contributed by atoms with Gasteiger partial charge in [-0.15, -0.1) is 0 Å². The van der Waals surface area contributed by atoms with E-state index in [2.05, 4.69) is 56.3 Å². The molecule has 0 unspecified atom stereocenters. The summed E-state index contributed by atoms with van der Waals surface area (Å²) in [7, 11) is 0. The van der Waals surface area contributed by atoms with Gasteiger partial charge < -0.3 is 4.42 Å². The first-order chi connectivity index (χ1) is 16.8. The van der Waals surface area contributed by atoms with E-state index in [9.17, 15) is 4.79 Å². The Kier molecular flexibility index (Phi) is 5.67. The second-order valence-electron chi connectivity index (χ2n) is 9.31. The summed E-state index contributed by atoms with van der Waals surface area (Å²) in [5.41, 5.74) is 8.62. The number of pyridine rings is 1. The molecule has 3 aromatic heterocycles. The molecule has 0 amide bonds. The van der Waals surface area contributed by atoms with Crippen LogP contribution < -0.4 is 5.56 Å². The number of aryl methyl sites for hydroxylation is 6. The molecule has 0 aliphatic rings. The zero-order valence-electron chi connectivity index (χ0n) is 21.1. The van der Waals surface area contributed by atoms with E-state index in [1.54, 1.807) is 10.6 Å². The topological polar surface area (TPSA) is 65.8 Å². The lowest BCUT2D eigenvalue weighted by atomic mass is 10.1. The normalized spacial score (nSPS) is 11.5. The van der Waals surface area contributed by atoms with Gasteiger partial charge in [-0.3, -0.25) is 9.36 Å². The van der Waals surface area contributed by atoms with Gasteiger partial charge in [0, 0.05) is 17.0 Å². The molecule has 3 heterocycles. The molecule has 178 valence electrons. The quantitative estimate of drug-likeness (QED) is 0.319. The minimum absolute atomic E-state index is 0.0861. The highest BCUT2D eigenvalue weighted by atomic mass is 16.4. The predicted molar refractivity (Wildman–Crippen MR) is 139 cm³/mol. The predicted octanol–water partition coefficient (Wildman–Crippen LogP) is 6.00. The number of benzene rings is 2. The summed E-state index contributed by atoms with van der Waals surface area (Å²) in [6.45, 7) is 12.4. The Bertz CT molecular complexity index is 1620. The number of hydrogen-bond donors (Lipinski definition) is 0. The lowest BCUT2D eigenvalue weighted by Crippen LogP contribution is -2.23. The second kappa shape index (κ2) is 8.69. The average Bonchev–Trinajstić information content (AvgIpc) is 3.38. The fourth-order valence-corrected chi connectivity index (χ4v) is 4.68. The minimum atomic E-state index is -0.0861. The monoisotopic (exact) mass is 466 g/mol. The molecule has 35 heavy (non-hydrogen) atoms. The van der Waals surface area contributed by atoms with E-state index < -0.39 is 0 Å². The molecule has 5 aromatic rings. The Morgan fingerprint density at radius 3 is 2.37 bits per heavy atom. The number of oxazole rings is 1. The van der Waals surface area contributed by atoms with Crippen LogP contribution >= 0.6 is 0 Å². The maximum Gasteiger partial charge on any atom is 0.252 e. The fourth-order valence-electron chi connectivity index (χ4n) is 4.68. The summed E-state index contributed by atoms with van der Waals surface area (Å²) in [5, 5.41) is 5.82. The van der Waals surface area contributed by atoms with Crippen LogP contribution in [-0.4, -0.2) is 19.3 Å². The third-order valence-corrected chi connectivity index (χ3v) is 6.71. The van der Waals surface area contributed by atoms with E-state index in [-0.39, 0.29) is 5.56 Å². The molecular formula is C29H30N4O2. The SMILES string of the molecule is CCc1ccc(-n2nc(C)c3c(C)cc(=O)n(Cc4nc(-c5cc(C)ccc5C)oc4C)c32)cc1. The molecule has 2 aromatic carbocycles. The standard InChI is InChI=1S/C29H30N4O2/c1-7-22-10-12-23(13-11-22)33-29-27(20(5)31-33)19(4)15-26(34)32(29)16-25-21(6)35-28(30-25)24-14-17(2)8-9-18(24)3/h8-15H,7,16H2,1-6H3. The lowest BCUT2D eigenvalue weighted by Gasteiger charge is -2.12. The highest BCUT2D eigenvalue weighted by Crippen LogP contribution is 2.28. The van der Waals surface area contributed by atoms with Crippen LogP contribution in [0.4, 0.5) is 0 Å². The van der Waals surface area contributed by atoms with E-state index in [0.717, 1.165) is 56.8 Å². The second-order valence-corrected chi connectivity index (χ2v) is 9.31. The molecule has 0 saturated carbocycles. The van der Waals surface area contributed by atoms with E-state index >= 15 is 0 Å². The Morgan fingerprint density at radius 2 is 1.66 bits per heavy atom. The molecular weight excluding hydrogens is 436 g/mol. The van der Waals surface area contributed by atoms with Crippen molar-refractivity contribution in [3.8, 4) is 17.1 Å². The Morgan fingerprint density at radius 1 is 0.914 bits per heavy atom. The highest BCUT2D eigenvalue weighted by molar-refractivity contribution is 5.83. The van der Waals surface area contributed by atoms with E-state index in [1.807, 2.05) is 32.4 Å². The van der Waals surface area contributed by atoms with Gasteiger partial charge >= 0.3 is 0 Å². The summed E-state index contributed by atoms with van der Waals surface area (Å²) in [6, 6.07) is 16.2. The van der Waals surface area contributed by atoms with Crippen molar-refractivity contribution < 1.29 is 4.42 Å². The van der Waals surface area contributed by atoms with Gasteiger partial charge in [0.15, 0.2) is 0 Å². The molecule has 0 N–H and O–H groups in total. The largest absolute Gasteiger partial charge is 0.441 e. The van der Waals surface area contributed by atoms with Crippen molar-refractivity contribution in [3.63, 3.8) is 0 Å². The van der Waals surface area contributed by atoms with Crippen LogP contribution in [-0.2, 0) is 13.0 Å². The number of nitrogens with zero attached hydrogens (tertiary/aromatic N) is 4. The third kappa shape index (κ3) is 3.99. The Labute approximate surface area is 204 Å². The van der Waals surface area contributed by atoms with Gasteiger partial charge in [0.05, 0.1) is 17.9 Å². The van der Waals surface area contributed by atoms with Crippen LogP contribution in [0.5, 0.6) is 0 Å². The summed E-state index contributed by atoms with van der Waals surface area (Å²) >= 11 is 0. The first kappa shape index (κ1) is 22.8. The van der Waals surface area contributed by atoms with Crippen LogP contribution in [0.1, 0.15) is 46.3 Å². The van der Waals surface area contributed by atoms with Crippen molar-refractivity contribution >= 4 is 11.0 Å². The molecule has 0 saturated heterocycles. The van der Waals surface area contributed by atoms with E-state index in [0.29, 0.717) is 18.2 Å². The molecule has 5 rings (SSSR count). The van der Waals surface area contributed by atoms with Crippen molar-refractivity contribution in [2.45, 2.75) is 54.5 Å². The van der Waals surface area contributed by atoms with Crippen LogP contribution in [0.25, 0.3) is 28.2 Å². The van der Waals surface area contributed by atoms with Gasteiger partial charge in [0.1, 0.15) is 17.1 Å². The number of aromatic nitrogens is 4. The number of hydrogen-bond acceptors (Lipinski definition) is 4. The van der Waals surface area contributed by atoms with Crippen molar-refractivity contribution in [1.82, 2.24) is 19.3 Å². The summed E-state index contributed by atoms with van der Waals surface area (Å²) in [4.78, 5) is 18.1. The van der Waals surface area contributed by atoms with Crippen molar-refractivity contribution in [2.75, 3.05) is 0 Å². The van der Waals surface area contributed by atoms with Crippen LogP contribution in [0.3, 0.4) is 0 Å². The number of fused-ring (bicyclic) bond motifs is 1. The maximum atomic E-state index is 13.3. The van der Waals surface area contributed by atoms with Gasteiger partial charge in [-0.05, 0) is 75.9 Å². The van der Waals surface area contributed by atoms with Gasteiger partial charge in [-0.1, -0.05) is 36.8 Å². The van der Waals surface area contributed by atoms with Crippen LogP contribution in [0.2, 0.25) is 0 Å². The first-order valence-corrected chi connectivity index (χ1v) is 12.0. The summed E-state index contributed by atoms with van der Waals surface area (Å²) in [5.74, 6) is 1.28. The molecule has 0 fully saturated rings. The molecule has 0 radical (unpaired) electrons. The Balaban J connectivity index is 1.67. The van der Waals surface area contributed by atoms with Crippen molar-refractivity contribution in [1.29, 1.82) is 0 Å². The summed E-state index contributed by atoms with van der Waals surface area (Å²) in [6.07, 6.45) is 0.969. The molecule has 0 spiro atoms. The minimum Gasteiger partial charge on any atom is -0.441 e. The zero-order chi connectivity index (χ0) is 24.9. The lowest BCUT2D eigenvalue weighted by molar-refractivity contribution is 0.537. The van der Waals surface area contributed by atoms with E-state index in [1.165, 1.54) is 5.56 Å². The van der Waals surface area contributed by atoms with Gasteiger partial charge in [-0.25, -0.2) is 9.67 Å². The first-order valence-electron chi connectivity index (χ1n) is 12.0. The third-order valence-electron chi connectivity index (χ3n) is 6.71. The van der Waals surface area contributed by atoms with E-state index in [4.69, 9.17) is 14.5 Å². The molecule has 0 bridgehead atoms. The number of rotatable bonds is 5.